The second-order valence-electron chi connectivity index (χ2n) is 12.1. The van der Waals surface area contributed by atoms with Crippen molar-refractivity contribution < 1.29 is 23.7 Å². The van der Waals surface area contributed by atoms with Crippen LogP contribution in [0.25, 0.3) is 22.3 Å². The molecule has 2 aromatic heterocycles. The average molecular weight is 659 g/mol. The lowest BCUT2D eigenvalue weighted by Gasteiger charge is -2.13. The molecule has 1 N–H and O–H groups in total. The van der Waals surface area contributed by atoms with Crippen LogP contribution in [0.3, 0.4) is 0 Å². The van der Waals surface area contributed by atoms with Gasteiger partial charge in [0, 0.05) is 60.9 Å². The Bertz CT molecular complexity index is 2270. The summed E-state index contributed by atoms with van der Waals surface area (Å²) in [6.45, 7) is 0.753. The van der Waals surface area contributed by atoms with Crippen LogP contribution in [0, 0.1) is 26.0 Å². The average Bonchev–Trinajstić information content (AvgIpc) is 3.92. The zero-order valence-electron chi connectivity index (χ0n) is 25.8. The number of nitrogens with one attached hydrogen (secondary N) is 1. The summed E-state index contributed by atoms with van der Waals surface area (Å²) < 4.78 is 29.5. The molecule has 8 rings (SSSR count). The Labute approximate surface area is 278 Å². The molecule has 244 valence electrons. The van der Waals surface area contributed by atoms with Gasteiger partial charge in [0.1, 0.15) is 23.3 Å². The summed E-state index contributed by atoms with van der Waals surface area (Å²) in [5.41, 5.74) is 7.36. The van der Waals surface area contributed by atoms with Gasteiger partial charge in [-0.25, -0.2) is 4.39 Å². The standard InChI is InChI=1S/C36H27FN6O6/c37-32-20-41(19-22-11-26-7-8-48-35(26)30(13-22)24-3-1-5-28(14-24)42(44)45)40-34(32)33-16-27-10-21(9-23-17-38-39-18-23)12-31(36(27)49-33)25-4-2-6-29(15-25)43(46)47/h1-6,10-15,17-18,20,33H,7-9,16,19H2,(H,38,39). The minimum Gasteiger partial charge on any atom is -0.492 e. The minimum absolute atomic E-state index is 0.0201. The third kappa shape index (κ3) is 5.75. The summed E-state index contributed by atoms with van der Waals surface area (Å²) in [5, 5.41) is 34.5. The largest absolute Gasteiger partial charge is 0.492 e. The maximum atomic E-state index is 15.6. The smallest absolute Gasteiger partial charge is 0.270 e. The van der Waals surface area contributed by atoms with Gasteiger partial charge in [0.2, 0.25) is 0 Å². The van der Waals surface area contributed by atoms with Crippen LogP contribution in [-0.4, -0.2) is 36.4 Å². The van der Waals surface area contributed by atoms with Crippen LogP contribution in [0.1, 0.15) is 39.6 Å². The highest BCUT2D eigenvalue weighted by Gasteiger charge is 2.32. The van der Waals surface area contributed by atoms with Gasteiger partial charge in [0.05, 0.1) is 35.4 Å². The number of aromatic nitrogens is 4. The van der Waals surface area contributed by atoms with E-state index in [0.717, 1.165) is 33.4 Å². The Morgan fingerprint density at radius 2 is 1.57 bits per heavy atom. The van der Waals surface area contributed by atoms with E-state index >= 15 is 4.39 Å². The predicted molar refractivity (Wildman–Crippen MR) is 176 cm³/mol. The Morgan fingerprint density at radius 1 is 0.878 bits per heavy atom. The number of H-pyrrole nitrogens is 1. The van der Waals surface area contributed by atoms with Crippen LogP contribution in [0.2, 0.25) is 0 Å². The number of ether oxygens (including phenoxy) is 2. The van der Waals surface area contributed by atoms with Gasteiger partial charge in [-0.1, -0.05) is 36.4 Å². The lowest BCUT2D eigenvalue weighted by Crippen LogP contribution is -2.08. The summed E-state index contributed by atoms with van der Waals surface area (Å²) >= 11 is 0. The fraction of sp³-hybridized carbons (Fsp3) is 0.167. The monoisotopic (exact) mass is 658 g/mol. The number of nitro groups is 2. The summed E-state index contributed by atoms with van der Waals surface area (Å²) in [6.07, 6.45) is 5.79. The highest BCUT2D eigenvalue weighted by molar-refractivity contribution is 5.76. The van der Waals surface area contributed by atoms with Crippen LogP contribution in [-0.2, 0) is 25.8 Å². The van der Waals surface area contributed by atoms with E-state index in [2.05, 4.69) is 15.3 Å². The number of halogens is 1. The Hall–Kier alpha value is -6.37. The predicted octanol–water partition coefficient (Wildman–Crippen LogP) is 7.15. The van der Waals surface area contributed by atoms with Gasteiger partial charge in [0.25, 0.3) is 11.4 Å². The van der Waals surface area contributed by atoms with Crippen molar-refractivity contribution in [3.63, 3.8) is 0 Å². The lowest BCUT2D eigenvalue weighted by molar-refractivity contribution is -0.385. The first-order valence-electron chi connectivity index (χ1n) is 15.6. The van der Waals surface area contributed by atoms with Gasteiger partial charge >= 0.3 is 0 Å². The van der Waals surface area contributed by atoms with Gasteiger partial charge in [-0.3, -0.25) is 30.0 Å². The molecule has 2 aliphatic rings. The zero-order valence-corrected chi connectivity index (χ0v) is 25.8. The molecule has 0 bridgehead atoms. The molecule has 1 atom stereocenters. The maximum absolute atomic E-state index is 15.6. The molecule has 6 aromatic rings. The number of non-ortho nitro benzene ring substituents is 2. The minimum atomic E-state index is -0.716. The van der Waals surface area contributed by atoms with E-state index in [-0.39, 0.29) is 23.6 Å². The number of benzene rings is 4. The second kappa shape index (κ2) is 12.0. The van der Waals surface area contributed by atoms with Crippen LogP contribution < -0.4 is 9.47 Å². The quantitative estimate of drug-likeness (QED) is 0.127. The Kier molecular flexibility index (Phi) is 7.35. The van der Waals surface area contributed by atoms with Crippen molar-refractivity contribution >= 4 is 11.4 Å². The number of hydrogen-bond donors (Lipinski definition) is 1. The molecule has 0 fully saturated rings. The van der Waals surface area contributed by atoms with E-state index in [4.69, 9.17) is 9.47 Å². The molecular formula is C36H27FN6O6. The fourth-order valence-electron chi connectivity index (χ4n) is 6.66. The molecule has 0 radical (unpaired) electrons. The van der Waals surface area contributed by atoms with Crippen LogP contribution >= 0.6 is 0 Å². The molecule has 1 unspecified atom stereocenters. The molecule has 49 heavy (non-hydrogen) atoms. The molecule has 0 amide bonds. The summed E-state index contributed by atoms with van der Waals surface area (Å²) in [5.74, 6) is 0.715. The van der Waals surface area contributed by atoms with E-state index in [1.165, 1.54) is 35.1 Å². The highest BCUT2D eigenvalue weighted by atomic mass is 19.1. The van der Waals surface area contributed by atoms with E-state index in [9.17, 15) is 20.2 Å². The third-order valence-electron chi connectivity index (χ3n) is 8.83. The second-order valence-corrected chi connectivity index (χ2v) is 12.1. The number of nitro benzene ring substituents is 2. The molecule has 4 aromatic carbocycles. The summed E-state index contributed by atoms with van der Waals surface area (Å²) in [6, 6.07) is 20.6. The first-order valence-corrected chi connectivity index (χ1v) is 15.6. The van der Waals surface area contributed by atoms with Crippen molar-refractivity contribution in [1.29, 1.82) is 0 Å². The highest BCUT2D eigenvalue weighted by Crippen LogP contribution is 2.45. The van der Waals surface area contributed by atoms with E-state index < -0.39 is 21.8 Å². The normalized spacial score (nSPS) is 14.6. The van der Waals surface area contributed by atoms with Gasteiger partial charge in [0.15, 0.2) is 5.82 Å². The molecule has 0 spiro atoms. The van der Waals surface area contributed by atoms with Crippen LogP contribution in [0.5, 0.6) is 11.5 Å². The van der Waals surface area contributed by atoms with E-state index in [1.54, 1.807) is 30.5 Å². The van der Waals surface area contributed by atoms with Crippen LogP contribution in [0.4, 0.5) is 15.8 Å². The number of fused-ring (bicyclic) bond motifs is 2. The Balaban J connectivity index is 1.11. The van der Waals surface area contributed by atoms with Crippen molar-refractivity contribution in [2.45, 2.75) is 31.9 Å². The molecule has 0 aliphatic carbocycles. The zero-order chi connectivity index (χ0) is 33.6. The molecule has 2 aliphatic heterocycles. The molecular weight excluding hydrogens is 631 g/mol. The fourth-order valence-corrected chi connectivity index (χ4v) is 6.66. The number of rotatable bonds is 9. The van der Waals surface area contributed by atoms with Gasteiger partial charge in [-0.2, -0.15) is 10.2 Å². The third-order valence-corrected chi connectivity index (χ3v) is 8.83. The van der Waals surface area contributed by atoms with E-state index in [1.807, 2.05) is 30.5 Å². The van der Waals surface area contributed by atoms with E-state index in [0.29, 0.717) is 54.1 Å². The van der Waals surface area contributed by atoms with Crippen molar-refractivity contribution in [3.8, 4) is 33.8 Å². The van der Waals surface area contributed by atoms with Crippen molar-refractivity contribution in [3.05, 3.63) is 151 Å². The molecule has 4 heterocycles. The number of aromatic amines is 1. The van der Waals surface area contributed by atoms with Crippen molar-refractivity contribution in [2.24, 2.45) is 0 Å². The molecule has 0 saturated carbocycles. The summed E-state index contributed by atoms with van der Waals surface area (Å²) in [7, 11) is 0. The van der Waals surface area contributed by atoms with Crippen molar-refractivity contribution in [1.82, 2.24) is 20.0 Å². The number of hydrogen-bond acceptors (Lipinski definition) is 8. The van der Waals surface area contributed by atoms with Crippen LogP contribution in [0.15, 0.2) is 91.4 Å². The first-order chi connectivity index (χ1) is 23.8. The SMILES string of the molecule is O=[N+]([O-])c1cccc(-c2cc(Cn3cc(F)c(C4Cc5cc(Cc6cn[nH]c6)cc(-c6cccc([N+](=O)[O-])c6)c5O4)n3)cc3c2OCC3)c1. The summed E-state index contributed by atoms with van der Waals surface area (Å²) in [4.78, 5) is 22.1. The molecule has 0 saturated heterocycles. The van der Waals surface area contributed by atoms with Gasteiger partial charge in [-0.15, -0.1) is 0 Å². The topological polar surface area (TPSA) is 151 Å². The Morgan fingerprint density at radius 3 is 2.27 bits per heavy atom. The van der Waals surface area contributed by atoms with Crippen molar-refractivity contribution in [2.75, 3.05) is 6.61 Å². The molecule has 12 nitrogen and oxygen atoms in total. The lowest BCUT2D eigenvalue weighted by atomic mass is 9.94. The molecule has 13 heteroatoms. The van der Waals surface area contributed by atoms with Gasteiger partial charge < -0.3 is 9.47 Å². The number of nitrogens with zero attached hydrogens (tertiary/aromatic N) is 5. The van der Waals surface area contributed by atoms with Gasteiger partial charge in [-0.05, 0) is 51.1 Å². The maximum Gasteiger partial charge on any atom is 0.270 e. The first kappa shape index (κ1) is 30.0.